The van der Waals surface area contributed by atoms with E-state index >= 15 is 0 Å². The third kappa shape index (κ3) is 60.6. The molecule has 0 saturated heterocycles. The van der Waals surface area contributed by atoms with Crippen molar-refractivity contribution in [1.82, 2.24) is 0 Å². The third-order valence-electron chi connectivity index (χ3n) is 15.0. The first kappa shape index (κ1) is 70.9. The van der Waals surface area contributed by atoms with Crippen LogP contribution in [-0.2, 0) is 28.6 Å². The molecule has 0 rings (SSSR count). The van der Waals surface area contributed by atoms with E-state index in [4.69, 9.17) is 14.2 Å². The van der Waals surface area contributed by atoms with Crippen LogP contribution in [0.5, 0.6) is 0 Å². The molecule has 0 saturated carbocycles. The Hall–Kier alpha value is -2.11. The van der Waals surface area contributed by atoms with Gasteiger partial charge in [0, 0.05) is 19.3 Å². The molecule has 6 heteroatoms. The van der Waals surface area contributed by atoms with Gasteiger partial charge in [0.25, 0.3) is 0 Å². The molecule has 0 aliphatic carbocycles. The van der Waals surface area contributed by atoms with Gasteiger partial charge < -0.3 is 14.2 Å². The smallest absolute Gasteiger partial charge is 0.306 e. The lowest BCUT2D eigenvalue weighted by Gasteiger charge is -2.18. The van der Waals surface area contributed by atoms with Gasteiger partial charge in [-0.15, -0.1) is 0 Å². The van der Waals surface area contributed by atoms with E-state index in [1.54, 1.807) is 0 Å². The SMILES string of the molecule is CCCCC/C=C\C/C=C\CCCCCCCCCC(=O)OCC(COC(=O)CCCCCCCCCCCCCCCCCCCCCC)OC(=O)CCCCCCCCCCCCCCCCCCCC. The van der Waals surface area contributed by atoms with Gasteiger partial charge in [-0.25, -0.2) is 0 Å². The highest BCUT2D eigenvalue weighted by atomic mass is 16.6. The van der Waals surface area contributed by atoms with Gasteiger partial charge >= 0.3 is 17.9 Å². The zero-order valence-electron chi connectivity index (χ0n) is 49.4. The molecule has 0 N–H and O–H groups in total. The Morgan fingerprint density at radius 2 is 0.493 bits per heavy atom. The fourth-order valence-corrected chi connectivity index (χ4v) is 10.0. The van der Waals surface area contributed by atoms with E-state index < -0.39 is 6.10 Å². The first-order chi connectivity index (χ1) is 36.0. The minimum absolute atomic E-state index is 0.0673. The summed E-state index contributed by atoms with van der Waals surface area (Å²) < 4.78 is 17.0. The van der Waals surface area contributed by atoms with Gasteiger partial charge in [0.2, 0.25) is 0 Å². The van der Waals surface area contributed by atoms with Crippen molar-refractivity contribution in [2.75, 3.05) is 13.2 Å². The zero-order valence-corrected chi connectivity index (χ0v) is 49.4. The van der Waals surface area contributed by atoms with Crippen LogP contribution in [0.25, 0.3) is 0 Å². The molecule has 0 amide bonds. The normalized spacial score (nSPS) is 12.1. The second-order valence-corrected chi connectivity index (χ2v) is 22.4. The summed E-state index contributed by atoms with van der Waals surface area (Å²) in [5, 5.41) is 0. The summed E-state index contributed by atoms with van der Waals surface area (Å²) in [4.78, 5) is 38.4. The molecular weight excluding hydrogens is 901 g/mol. The lowest BCUT2D eigenvalue weighted by Crippen LogP contribution is -2.30. The first-order valence-electron chi connectivity index (χ1n) is 32.8. The number of unbranched alkanes of at least 4 members (excludes halogenated alkanes) is 46. The Bertz CT molecular complexity index is 1180. The number of carbonyl (C=O) groups is 3. The lowest BCUT2D eigenvalue weighted by molar-refractivity contribution is -0.167. The summed E-state index contributed by atoms with van der Waals surface area (Å²) in [7, 11) is 0. The van der Waals surface area contributed by atoms with Crippen molar-refractivity contribution >= 4 is 17.9 Å². The van der Waals surface area contributed by atoms with Crippen molar-refractivity contribution in [3.05, 3.63) is 24.3 Å². The van der Waals surface area contributed by atoms with E-state index in [-0.39, 0.29) is 31.1 Å². The molecule has 73 heavy (non-hydrogen) atoms. The van der Waals surface area contributed by atoms with E-state index in [9.17, 15) is 14.4 Å². The zero-order chi connectivity index (χ0) is 52.9. The van der Waals surface area contributed by atoms with Crippen molar-refractivity contribution < 1.29 is 28.6 Å². The molecule has 6 nitrogen and oxygen atoms in total. The summed E-state index contributed by atoms with van der Waals surface area (Å²) >= 11 is 0. The molecule has 1 atom stereocenters. The van der Waals surface area contributed by atoms with Gasteiger partial charge in [0.1, 0.15) is 13.2 Å². The highest BCUT2D eigenvalue weighted by molar-refractivity contribution is 5.71. The predicted octanol–water partition coefficient (Wildman–Crippen LogP) is 22.2. The van der Waals surface area contributed by atoms with Crippen LogP contribution in [0.1, 0.15) is 367 Å². The quantitative estimate of drug-likeness (QED) is 0.0261. The van der Waals surface area contributed by atoms with Crippen LogP contribution < -0.4 is 0 Å². The molecule has 0 radical (unpaired) electrons. The third-order valence-corrected chi connectivity index (χ3v) is 15.0. The van der Waals surface area contributed by atoms with Gasteiger partial charge in [0.15, 0.2) is 6.10 Å². The molecule has 0 aliphatic heterocycles. The Morgan fingerprint density at radius 1 is 0.274 bits per heavy atom. The first-order valence-corrected chi connectivity index (χ1v) is 32.8. The molecule has 0 fully saturated rings. The molecule has 0 aromatic heterocycles. The maximum Gasteiger partial charge on any atom is 0.306 e. The van der Waals surface area contributed by atoms with Gasteiger partial charge in [-0.1, -0.05) is 321 Å². The summed E-state index contributed by atoms with van der Waals surface area (Å²) in [5.74, 6) is -0.845. The van der Waals surface area contributed by atoms with Crippen LogP contribution in [0, 0.1) is 0 Å². The van der Waals surface area contributed by atoms with Crippen LogP contribution in [0.2, 0.25) is 0 Å². The Kier molecular flexibility index (Phi) is 60.6. The molecule has 0 bridgehead atoms. The van der Waals surface area contributed by atoms with Gasteiger partial charge in [0.05, 0.1) is 0 Å². The molecule has 0 spiro atoms. The minimum atomic E-state index is -0.771. The van der Waals surface area contributed by atoms with Crippen molar-refractivity contribution in [3.63, 3.8) is 0 Å². The second kappa shape index (κ2) is 62.4. The number of ether oxygens (including phenoxy) is 3. The van der Waals surface area contributed by atoms with Crippen molar-refractivity contribution in [2.45, 2.75) is 374 Å². The molecule has 0 aromatic carbocycles. The molecule has 0 aromatic rings. The van der Waals surface area contributed by atoms with E-state index in [2.05, 4.69) is 45.1 Å². The predicted molar refractivity (Wildman–Crippen MR) is 316 cm³/mol. The van der Waals surface area contributed by atoms with Gasteiger partial charge in [-0.05, 0) is 51.4 Å². The average molecular weight is 1030 g/mol. The van der Waals surface area contributed by atoms with Crippen LogP contribution in [-0.4, -0.2) is 37.2 Å². The van der Waals surface area contributed by atoms with E-state index in [0.29, 0.717) is 19.3 Å². The molecule has 1 unspecified atom stereocenters. The average Bonchev–Trinajstić information content (AvgIpc) is 3.39. The Balaban J connectivity index is 4.31. The van der Waals surface area contributed by atoms with Crippen LogP contribution in [0.3, 0.4) is 0 Å². The standard InChI is InChI=1S/C67H126O6/c1-4-7-10-13-16-19-22-25-28-31-33-34-37-39-42-45-48-51-54-57-60-66(69)72-63-64(62-71-65(68)59-56-53-50-47-44-41-38-35-30-27-24-21-18-15-12-9-6-3)73-67(70)61-58-55-52-49-46-43-40-36-32-29-26-23-20-17-14-11-8-5-2/h18,21,27,30,64H,4-17,19-20,22-26,28-29,31-63H2,1-3H3/b21-18-,30-27-. The molecular formula is C67H126O6. The van der Waals surface area contributed by atoms with Crippen LogP contribution in [0.15, 0.2) is 24.3 Å². The van der Waals surface area contributed by atoms with Crippen molar-refractivity contribution in [3.8, 4) is 0 Å². The summed E-state index contributed by atoms with van der Waals surface area (Å²) in [6, 6.07) is 0. The number of hydrogen-bond acceptors (Lipinski definition) is 6. The summed E-state index contributed by atoms with van der Waals surface area (Å²) in [6.45, 7) is 6.69. The van der Waals surface area contributed by atoms with Gasteiger partial charge in [-0.3, -0.25) is 14.4 Å². The minimum Gasteiger partial charge on any atom is -0.462 e. The molecule has 430 valence electrons. The van der Waals surface area contributed by atoms with Crippen molar-refractivity contribution in [1.29, 1.82) is 0 Å². The van der Waals surface area contributed by atoms with Gasteiger partial charge in [-0.2, -0.15) is 0 Å². The second-order valence-electron chi connectivity index (χ2n) is 22.4. The van der Waals surface area contributed by atoms with E-state index in [0.717, 1.165) is 70.6 Å². The monoisotopic (exact) mass is 1030 g/mol. The Labute approximate surface area is 455 Å². The highest BCUT2D eigenvalue weighted by Gasteiger charge is 2.19. The lowest BCUT2D eigenvalue weighted by atomic mass is 10.0. The largest absolute Gasteiger partial charge is 0.462 e. The van der Waals surface area contributed by atoms with Crippen molar-refractivity contribution in [2.24, 2.45) is 0 Å². The summed E-state index contributed by atoms with van der Waals surface area (Å²) in [6.07, 6.45) is 74.7. The Morgan fingerprint density at radius 3 is 0.781 bits per heavy atom. The maximum atomic E-state index is 12.9. The van der Waals surface area contributed by atoms with Crippen LogP contribution >= 0.6 is 0 Å². The van der Waals surface area contributed by atoms with E-state index in [1.165, 1.54) is 257 Å². The number of esters is 3. The topological polar surface area (TPSA) is 78.9 Å². The summed E-state index contributed by atoms with van der Waals surface area (Å²) in [5.41, 5.74) is 0. The molecule has 0 aliphatic rings. The highest BCUT2D eigenvalue weighted by Crippen LogP contribution is 2.18. The van der Waals surface area contributed by atoms with Crippen LogP contribution in [0.4, 0.5) is 0 Å². The van der Waals surface area contributed by atoms with E-state index in [1.807, 2.05) is 0 Å². The fourth-order valence-electron chi connectivity index (χ4n) is 10.0. The number of rotatable bonds is 61. The maximum absolute atomic E-state index is 12.9. The number of hydrogen-bond donors (Lipinski definition) is 0. The molecule has 0 heterocycles. The number of allylic oxidation sites excluding steroid dienone is 4. The number of carbonyl (C=O) groups excluding carboxylic acids is 3. The fraction of sp³-hybridized carbons (Fsp3) is 0.896.